The maximum Gasteiger partial charge on any atom is 0.472 e. The van der Waals surface area contributed by atoms with Gasteiger partial charge in [-0.05, 0) is 76.3 Å². The first-order valence-corrected chi connectivity index (χ1v) is 26.3. The Labute approximate surface area is 389 Å². The number of aliphatic hydroxyl groups is 1. The van der Waals surface area contributed by atoms with Crippen LogP contribution >= 0.6 is 7.82 Å². The van der Waals surface area contributed by atoms with E-state index < -0.39 is 32.5 Å². The molecule has 0 aromatic carbocycles. The molecule has 0 aliphatic heterocycles. The Morgan fingerprint density at radius 1 is 0.672 bits per heavy atom. The number of aryl methyl sites for hydroxylation is 2. The van der Waals surface area contributed by atoms with Crippen molar-refractivity contribution in [2.45, 2.75) is 200 Å². The van der Waals surface area contributed by atoms with E-state index >= 15 is 0 Å². The van der Waals surface area contributed by atoms with Gasteiger partial charge in [0.25, 0.3) is 0 Å². The number of aliphatic hydroxyl groups excluding tert-OH is 1. The topological polar surface area (TPSA) is 142 Å². The first-order chi connectivity index (χ1) is 30.7. The molecule has 0 spiro atoms. The van der Waals surface area contributed by atoms with Crippen LogP contribution in [0.3, 0.4) is 0 Å². The quantitative estimate of drug-likeness (QED) is 0.0163. The fourth-order valence-electron chi connectivity index (χ4n) is 6.94. The zero-order chi connectivity index (χ0) is 47.3. The molecule has 64 heavy (non-hydrogen) atoms. The highest BCUT2D eigenvalue weighted by Gasteiger charge is 2.27. The van der Waals surface area contributed by atoms with Crippen molar-refractivity contribution in [2.24, 2.45) is 0 Å². The summed E-state index contributed by atoms with van der Waals surface area (Å²) in [5, 5.41) is 9.92. The van der Waals surface area contributed by atoms with Gasteiger partial charge >= 0.3 is 19.8 Å². The molecule has 3 atom stereocenters. The van der Waals surface area contributed by atoms with Gasteiger partial charge in [0.2, 0.25) is 0 Å². The average molecular weight is 921 g/mol. The van der Waals surface area contributed by atoms with E-state index in [1.807, 2.05) is 51.5 Å². The van der Waals surface area contributed by atoms with Crippen LogP contribution in [0.2, 0.25) is 0 Å². The number of carbonyl (C=O) groups is 2. The number of likely N-dealkylation sites (N-methyl/N-ethyl adjacent to an activating group) is 1. The van der Waals surface area contributed by atoms with E-state index in [-0.39, 0.29) is 32.2 Å². The Kier molecular flexibility index (Phi) is 34.5. The number of esters is 2. The number of phosphoric ester groups is 1. The minimum atomic E-state index is -4.41. The second-order valence-corrected chi connectivity index (χ2v) is 19.7. The first-order valence-electron chi connectivity index (χ1n) is 24.8. The van der Waals surface area contributed by atoms with Gasteiger partial charge in [-0.3, -0.25) is 18.6 Å². The van der Waals surface area contributed by atoms with Gasteiger partial charge in [-0.1, -0.05) is 146 Å². The number of quaternary nitrogens is 1. The highest BCUT2D eigenvalue weighted by molar-refractivity contribution is 7.47. The van der Waals surface area contributed by atoms with E-state index in [1.54, 1.807) is 0 Å². The summed E-state index contributed by atoms with van der Waals surface area (Å²) in [6.45, 7) is 8.56. The second kappa shape index (κ2) is 37.3. The molecule has 0 aliphatic carbocycles. The molecule has 12 heteroatoms. The summed E-state index contributed by atoms with van der Waals surface area (Å²) in [6.07, 6.45) is 38.8. The zero-order valence-corrected chi connectivity index (χ0v) is 42.2. The number of furan rings is 1. The molecule has 0 saturated carbocycles. The predicted octanol–water partition coefficient (Wildman–Crippen LogP) is 12.9. The number of ether oxygens (including phenoxy) is 2. The summed E-state index contributed by atoms with van der Waals surface area (Å²) in [5.74, 6) is 1.46. The molecule has 0 bridgehead atoms. The molecule has 368 valence electrons. The number of nitrogens with zero attached hydrogens (tertiary/aromatic N) is 1. The summed E-state index contributed by atoms with van der Waals surface area (Å²) in [5.41, 5.74) is 2.68. The standard InChI is InChI=1S/C52H90NO10P/c1-8-10-29-35-47(54)36-31-25-21-17-13-12-14-19-23-27-33-39-51(55)59-43-48(44-61-64(57,58)60-42-41-53(5,6)7)62-52(56)40-34-28-24-20-16-15-18-22-26-32-38-50-46(4)45(3)49(63-50)37-30-11-9-2/h12-13,19,21,23,25,31,36,47-48,54H,8-11,14-18,20,22,24,26-30,32-35,37-44H2,1-7H3/p+1/b13-12-,23-19-,25-21-,36-31+/t47-,48-/m1/s1. The Bertz CT molecular complexity index is 1520. The molecule has 1 unspecified atom stereocenters. The number of hydrogen-bond donors (Lipinski definition) is 2. The molecule has 1 heterocycles. The van der Waals surface area contributed by atoms with E-state index in [1.165, 1.54) is 80.4 Å². The Morgan fingerprint density at radius 3 is 1.84 bits per heavy atom. The van der Waals surface area contributed by atoms with Gasteiger partial charge in [0, 0.05) is 25.7 Å². The SMILES string of the molecule is CCCCCc1oc(CCCCCCCCCCCCC(=O)O[C@H](COC(=O)CCC/C=C\C/C=C\C/C=C\C=C\[C@H](O)CCCCC)COP(=O)(O)OCC[N+](C)(C)C)c(C)c1C. The maximum atomic E-state index is 12.8. The third-order valence-electron chi connectivity index (χ3n) is 11.2. The molecule has 0 radical (unpaired) electrons. The van der Waals surface area contributed by atoms with Gasteiger partial charge in [-0.25, -0.2) is 4.57 Å². The molecule has 1 aromatic heterocycles. The predicted molar refractivity (Wildman–Crippen MR) is 261 cm³/mol. The van der Waals surface area contributed by atoms with Crippen LogP contribution in [0, 0.1) is 13.8 Å². The Balaban J connectivity index is 2.35. The van der Waals surface area contributed by atoms with Crippen LogP contribution in [-0.2, 0) is 45.5 Å². The van der Waals surface area contributed by atoms with Crippen molar-refractivity contribution < 1.29 is 51.6 Å². The van der Waals surface area contributed by atoms with Crippen LogP contribution in [0.4, 0.5) is 0 Å². The first kappa shape index (κ1) is 59.2. The number of hydrogen-bond acceptors (Lipinski definition) is 9. The third-order valence-corrected chi connectivity index (χ3v) is 12.2. The summed E-state index contributed by atoms with van der Waals surface area (Å²) < 4.78 is 40.6. The minimum absolute atomic E-state index is 0.00835. The highest BCUT2D eigenvalue weighted by Crippen LogP contribution is 2.43. The van der Waals surface area contributed by atoms with Crippen molar-refractivity contribution in [3.63, 3.8) is 0 Å². The summed E-state index contributed by atoms with van der Waals surface area (Å²) >= 11 is 0. The fourth-order valence-corrected chi connectivity index (χ4v) is 7.68. The molecule has 1 aromatic rings. The lowest BCUT2D eigenvalue weighted by molar-refractivity contribution is -0.870. The number of carbonyl (C=O) groups excluding carboxylic acids is 2. The number of unbranched alkanes of at least 4 members (excludes halogenated alkanes) is 14. The molecule has 0 amide bonds. The zero-order valence-electron chi connectivity index (χ0n) is 41.3. The minimum Gasteiger partial charge on any atom is -0.466 e. The molecular weight excluding hydrogens is 830 g/mol. The Morgan fingerprint density at radius 2 is 1.22 bits per heavy atom. The largest absolute Gasteiger partial charge is 0.472 e. The lowest BCUT2D eigenvalue weighted by Crippen LogP contribution is -2.37. The van der Waals surface area contributed by atoms with Crippen LogP contribution in [0.25, 0.3) is 0 Å². The maximum absolute atomic E-state index is 12.8. The van der Waals surface area contributed by atoms with Crippen LogP contribution in [0.5, 0.6) is 0 Å². The van der Waals surface area contributed by atoms with Crippen LogP contribution < -0.4 is 0 Å². The monoisotopic (exact) mass is 921 g/mol. The molecule has 2 N–H and O–H groups in total. The molecule has 0 fully saturated rings. The number of rotatable bonds is 41. The van der Waals surface area contributed by atoms with Crippen molar-refractivity contribution in [3.8, 4) is 0 Å². The van der Waals surface area contributed by atoms with E-state index in [9.17, 15) is 24.2 Å². The van der Waals surface area contributed by atoms with Crippen molar-refractivity contribution in [2.75, 3.05) is 47.5 Å². The van der Waals surface area contributed by atoms with E-state index in [2.05, 4.69) is 45.9 Å². The molecule has 11 nitrogen and oxygen atoms in total. The van der Waals surface area contributed by atoms with Crippen molar-refractivity contribution in [3.05, 3.63) is 71.3 Å². The molecule has 1 rings (SSSR count). The van der Waals surface area contributed by atoms with Crippen LogP contribution in [0.1, 0.15) is 184 Å². The van der Waals surface area contributed by atoms with Gasteiger partial charge < -0.3 is 28.4 Å². The van der Waals surface area contributed by atoms with Crippen molar-refractivity contribution >= 4 is 19.8 Å². The van der Waals surface area contributed by atoms with Gasteiger partial charge in [-0.15, -0.1) is 0 Å². The van der Waals surface area contributed by atoms with Gasteiger partial charge in [-0.2, -0.15) is 0 Å². The molecular formula is C52H91NO10P+. The van der Waals surface area contributed by atoms with Crippen molar-refractivity contribution in [1.29, 1.82) is 0 Å². The Hall–Kier alpha value is -2.79. The summed E-state index contributed by atoms with van der Waals surface area (Å²) in [7, 11) is 1.40. The van der Waals surface area contributed by atoms with Gasteiger partial charge in [0.1, 0.15) is 31.3 Å². The lowest BCUT2D eigenvalue weighted by Gasteiger charge is -2.24. The van der Waals surface area contributed by atoms with E-state index in [4.69, 9.17) is 22.9 Å². The summed E-state index contributed by atoms with van der Waals surface area (Å²) in [6, 6.07) is 0. The second-order valence-electron chi connectivity index (χ2n) is 18.3. The van der Waals surface area contributed by atoms with Gasteiger partial charge in [0.15, 0.2) is 6.10 Å². The average Bonchev–Trinajstić information content (AvgIpc) is 3.51. The molecule has 0 aliphatic rings. The van der Waals surface area contributed by atoms with Crippen LogP contribution in [-0.4, -0.2) is 86.1 Å². The summed E-state index contributed by atoms with van der Waals surface area (Å²) in [4.78, 5) is 35.6. The van der Waals surface area contributed by atoms with Crippen molar-refractivity contribution in [1.82, 2.24) is 0 Å². The van der Waals surface area contributed by atoms with E-state index in [0.29, 0.717) is 30.3 Å². The number of phosphoric acid groups is 1. The fraction of sp³-hybridized carbons (Fsp3) is 0.731. The highest BCUT2D eigenvalue weighted by atomic mass is 31.2. The number of allylic oxidation sites excluding steroid dienone is 7. The third kappa shape index (κ3) is 33.7. The van der Waals surface area contributed by atoms with Crippen LogP contribution in [0.15, 0.2) is 53.0 Å². The molecule has 0 saturated heterocycles. The smallest absolute Gasteiger partial charge is 0.466 e. The lowest BCUT2D eigenvalue weighted by atomic mass is 10.0. The van der Waals surface area contributed by atoms with E-state index in [0.717, 1.165) is 70.6 Å². The normalized spacial score (nSPS) is 14.3. The van der Waals surface area contributed by atoms with Gasteiger partial charge in [0.05, 0.1) is 33.9 Å².